The van der Waals surface area contributed by atoms with Crippen molar-refractivity contribution in [2.75, 3.05) is 13.2 Å². The molecule has 0 amide bonds. The van der Waals surface area contributed by atoms with E-state index in [1.54, 1.807) is 4.68 Å². The maximum Gasteiger partial charge on any atom is 0.151 e. The topological polar surface area (TPSA) is 110 Å². The summed E-state index contributed by atoms with van der Waals surface area (Å²) in [7, 11) is 0. The number of unbranched alkanes of at least 4 members (excludes halogenated alkanes) is 5. The molecule has 0 aliphatic carbocycles. The normalized spacial score (nSPS) is 12.0. The summed E-state index contributed by atoms with van der Waals surface area (Å²) in [4.78, 5) is 0. The number of hydrogen-bond acceptors (Lipinski definition) is 6. The molecule has 1 rings (SSSR count). The minimum Gasteiger partial charge on any atom is -0.394 e. The van der Waals surface area contributed by atoms with Crippen LogP contribution < -0.4 is 5.73 Å². The molecule has 0 radical (unpaired) electrons. The lowest BCUT2D eigenvalue weighted by molar-refractivity contribution is 0.114. The third kappa shape index (κ3) is 6.50. The van der Waals surface area contributed by atoms with Crippen molar-refractivity contribution in [3.63, 3.8) is 0 Å². The minimum absolute atomic E-state index is 0.248. The largest absolute Gasteiger partial charge is 0.394 e. The molecule has 1 heterocycles. The van der Waals surface area contributed by atoms with Gasteiger partial charge < -0.3 is 15.9 Å². The maximum absolute atomic E-state index is 9.18. The van der Waals surface area contributed by atoms with Crippen molar-refractivity contribution in [2.45, 2.75) is 70.4 Å². The molecule has 7 heteroatoms. The monoisotopic (exact) mass is 299 g/mol. The van der Waals surface area contributed by atoms with Crippen LogP contribution in [-0.4, -0.2) is 49.2 Å². The summed E-state index contributed by atoms with van der Waals surface area (Å²) >= 11 is 0. The Morgan fingerprint density at radius 3 is 2.43 bits per heavy atom. The van der Waals surface area contributed by atoms with Gasteiger partial charge in [0.1, 0.15) is 0 Å². The van der Waals surface area contributed by atoms with Crippen LogP contribution in [0.4, 0.5) is 0 Å². The molecule has 7 nitrogen and oxygen atoms in total. The van der Waals surface area contributed by atoms with Crippen molar-refractivity contribution in [1.82, 2.24) is 20.2 Å². The van der Waals surface area contributed by atoms with E-state index in [2.05, 4.69) is 22.4 Å². The molecule has 1 aromatic heterocycles. The van der Waals surface area contributed by atoms with Crippen molar-refractivity contribution in [3.05, 3.63) is 5.82 Å². The molecule has 0 fully saturated rings. The number of tetrazole rings is 1. The Hall–Kier alpha value is -1.05. The molecule has 0 spiro atoms. The Balaban J connectivity index is 2.32. The van der Waals surface area contributed by atoms with Gasteiger partial charge in [-0.2, -0.15) is 0 Å². The lowest BCUT2D eigenvalue weighted by Crippen LogP contribution is -2.47. The van der Waals surface area contributed by atoms with Gasteiger partial charge in [-0.3, -0.25) is 0 Å². The summed E-state index contributed by atoms with van der Waals surface area (Å²) in [5.41, 5.74) is 4.89. The van der Waals surface area contributed by atoms with E-state index in [9.17, 15) is 10.2 Å². The summed E-state index contributed by atoms with van der Waals surface area (Å²) in [6.07, 6.45) is 8.37. The van der Waals surface area contributed by atoms with Gasteiger partial charge in [-0.15, -0.1) is 5.10 Å². The second-order valence-corrected chi connectivity index (χ2v) is 5.76. The second-order valence-electron chi connectivity index (χ2n) is 5.76. The molecule has 0 aliphatic rings. The van der Waals surface area contributed by atoms with Crippen molar-refractivity contribution in [1.29, 1.82) is 0 Å². The Labute approximate surface area is 126 Å². The predicted molar refractivity (Wildman–Crippen MR) is 80.6 cm³/mol. The van der Waals surface area contributed by atoms with Gasteiger partial charge in [-0.05, 0) is 23.3 Å². The molecule has 0 saturated carbocycles. The standard InChI is InChI=1S/C14H29N5O2/c1-2-3-4-5-6-7-10-19-13(16-17-18-19)8-9-14(15,11-20)12-21/h20-21H,2-12,15H2,1H3. The number of aliphatic hydroxyl groups is 2. The zero-order valence-electron chi connectivity index (χ0n) is 13.0. The van der Waals surface area contributed by atoms with Crippen molar-refractivity contribution in [3.8, 4) is 0 Å². The predicted octanol–water partition coefficient (Wildman–Crippen LogP) is 0.648. The molecule has 0 aliphatic heterocycles. The molecule has 0 unspecified atom stereocenters. The maximum atomic E-state index is 9.18. The first-order valence-corrected chi connectivity index (χ1v) is 7.91. The first kappa shape index (κ1) is 18.0. The van der Waals surface area contributed by atoms with Crippen LogP contribution >= 0.6 is 0 Å². The van der Waals surface area contributed by atoms with Gasteiger partial charge in [-0.1, -0.05) is 39.0 Å². The van der Waals surface area contributed by atoms with E-state index in [0.717, 1.165) is 18.8 Å². The smallest absolute Gasteiger partial charge is 0.151 e. The van der Waals surface area contributed by atoms with Crippen LogP contribution in [0.1, 0.15) is 57.7 Å². The zero-order valence-corrected chi connectivity index (χ0v) is 13.0. The fourth-order valence-electron chi connectivity index (χ4n) is 2.19. The summed E-state index contributed by atoms with van der Waals surface area (Å²) < 4.78 is 1.80. The number of hydrogen-bond donors (Lipinski definition) is 3. The van der Waals surface area contributed by atoms with Crippen molar-refractivity contribution < 1.29 is 10.2 Å². The van der Waals surface area contributed by atoms with Gasteiger partial charge >= 0.3 is 0 Å². The van der Waals surface area contributed by atoms with Crippen LogP contribution in [0.25, 0.3) is 0 Å². The van der Waals surface area contributed by atoms with E-state index in [0.29, 0.717) is 12.8 Å². The average molecular weight is 299 g/mol. The SMILES string of the molecule is CCCCCCCCn1nnnc1CCC(N)(CO)CO. The summed E-state index contributed by atoms with van der Waals surface area (Å²) in [6.45, 7) is 2.53. The van der Waals surface area contributed by atoms with E-state index < -0.39 is 5.54 Å². The molecule has 1 aromatic rings. The Bertz CT molecular complexity index is 379. The van der Waals surface area contributed by atoms with Crippen LogP contribution in [0, 0.1) is 0 Å². The van der Waals surface area contributed by atoms with E-state index in [4.69, 9.17) is 5.73 Å². The van der Waals surface area contributed by atoms with E-state index in [-0.39, 0.29) is 13.2 Å². The van der Waals surface area contributed by atoms with Gasteiger partial charge in [0.25, 0.3) is 0 Å². The number of nitrogens with zero attached hydrogens (tertiary/aromatic N) is 4. The fourth-order valence-corrected chi connectivity index (χ4v) is 2.19. The Morgan fingerprint density at radius 1 is 1.10 bits per heavy atom. The van der Waals surface area contributed by atoms with Crippen molar-refractivity contribution >= 4 is 0 Å². The van der Waals surface area contributed by atoms with E-state index in [1.807, 2.05) is 0 Å². The summed E-state index contributed by atoms with van der Waals surface area (Å²) in [6, 6.07) is 0. The number of rotatable bonds is 12. The Kier molecular flexibility index (Phi) is 8.41. The fraction of sp³-hybridized carbons (Fsp3) is 0.929. The van der Waals surface area contributed by atoms with Gasteiger partial charge in [0.2, 0.25) is 0 Å². The Morgan fingerprint density at radius 2 is 1.76 bits per heavy atom. The first-order chi connectivity index (χ1) is 10.1. The number of aromatic nitrogens is 4. The van der Waals surface area contributed by atoms with E-state index in [1.165, 1.54) is 32.1 Å². The molecule has 4 N–H and O–H groups in total. The number of nitrogens with two attached hydrogens (primary N) is 1. The highest BCUT2D eigenvalue weighted by Crippen LogP contribution is 2.11. The number of aryl methyl sites for hydroxylation is 2. The van der Waals surface area contributed by atoms with Crippen LogP contribution in [-0.2, 0) is 13.0 Å². The van der Waals surface area contributed by atoms with Gasteiger partial charge in [-0.25, -0.2) is 4.68 Å². The molecular weight excluding hydrogens is 270 g/mol. The van der Waals surface area contributed by atoms with Gasteiger partial charge in [0.05, 0.1) is 18.8 Å². The molecule has 0 aromatic carbocycles. The second kappa shape index (κ2) is 9.81. The van der Waals surface area contributed by atoms with Gasteiger partial charge in [0.15, 0.2) is 5.82 Å². The highest BCUT2D eigenvalue weighted by atomic mass is 16.3. The first-order valence-electron chi connectivity index (χ1n) is 7.91. The highest BCUT2D eigenvalue weighted by molar-refractivity contribution is 4.90. The molecule has 0 atom stereocenters. The summed E-state index contributed by atoms with van der Waals surface area (Å²) in [5.74, 6) is 0.764. The van der Waals surface area contributed by atoms with Crippen LogP contribution in [0.3, 0.4) is 0 Å². The van der Waals surface area contributed by atoms with E-state index >= 15 is 0 Å². The lowest BCUT2D eigenvalue weighted by Gasteiger charge is -2.23. The average Bonchev–Trinajstić information content (AvgIpc) is 2.96. The third-order valence-corrected chi connectivity index (χ3v) is 3.81. The minimum atomic E-state index is -0.961. The number of aliphatic hydroxyl groups excluding tert-OH is 2. The quantitative estimate of drug-likeness (QED) is 0.489. The molecule has 0 bridgehead atoms. The molecule has 0 saturated heterocycles. The highest BCUT2D eigenvalue weighted by Gasteiger charge is 2.23. The van der Waals surface area contributed by atoms with Gasteiger partial charge in [0, 0.05) is 13.0 Å². The lowest BCUT2D eigenvalue weighted by atomic mass is 9.96. The van der Waals surface area contributed by atoms with Crippen LogP contribution in [0.5, 0.6) is 0 Å². The molecule has 122 valence electrons. The zero-order chi connectivity index (χ0) is 15.6. The third-order valence-electron chi connectivity index (χ3n) is 3.81. The van der Waals surface area contributed by atoms with Crippen LogP contribution in [0.15, 0.2) is 0 Å². The summed E-state index contributed by atoms with van der Waals surface area (Å²) in [5, 5.41) is 30.1. The molecule has 21 heavy (non-hydrogen) atoms. The molecular formula is C14H29N5O2. The van der Waals surface area contributed by atoms with Crippen LogP contribution in [0.2, 0.25) is 0 Å². The van der Waals surface area contributed by atoms with Crippen molar-refractivity contribution in [2.24, 2.45) is 5.73 Å².